The first kappa shape index (κ1) is 15.4. The minimum absolute atomic E-state index is 0.0640. The smallest absolute Gasteiger partial charge is 0.0952 e. The Balaban J connectivity index is 5.37. The first-order valence-corrected chi connectivity index (χ1v) is 11.4. The van der Waals surface area contributed by atoms with Gasteiger partial charge in [-0.1, -0.05) is 61.2 Å². The molecule has 0 aromatic heterocycles. The van der Waals surface area contributed by atoms with Crippen LogP contribution in [-0.2, 0) is 4.57 Å². The van der Waals surface area contributed by atoms with Gasteiger partial charge in [0.15, 0.2) is 0 Å². The summed E-state index contributed by atoms with van der Waals surface area (Å²) in [4.78, 5) is 0. The van der Waals surface area contributed by atoms with Crippen LogP contribution in [0.3, 0.4) is 0 Å². The largest absolute Gasteiger partial charge is 0.323 e. The third-order valence-electron chi connectivity index (χ3n) is 2.86. The third-order valence-corrected chi connectivity index (χ3v) is 12.8. The minimum Gasteiger partial charge on any atom is -0.323 e. The van der Waals surface area contributed by atoms with Gasteiger partial charge in [0, 0.05) is 10.3 Å². The maximum absolute atomic E-state index is 13.3. The lowest BCUT2D eigenvalue weighted by Crippen LogP contribution is -2.38. The molecule has 0 saturated heterocycles. The molecule has 0 aliphatic carbocycles. The van der Waals surface area contributed by atoms with Gasteiger partial charge in [-0.2, -0.15) is 0 Å². The van der Waals surface area contributed by atoms with Crippen LogP contribution in [0.5, 0.6) is 0 Å². The highest BCUT2D eigenvalue weighted by Crippen LogP contribution is 2.67. The summed E-state index contributed by atoms with van der Waals surface area (Å²) in [6.07, 6.45) is 0. The molecule has 0 amide bonds. The van der Waals surface area contributed by atoms with Crippen LogP contribution in [0, 0.1) is 0 Å². The Morgan fingerprint density at radius 1 is 0.867 bits per heavy atom. The van der Waals surface area contributed by atoms with E-state index in [4.69, 9.17) is 0 Å². The quantitative estimate of drug-likeness (QED) is 0.505. The van der Waals surface area contributed by atoms with Crippen molar-refractivity contribution in [3.63, 3.8) is 0 Å². The summed E-state index contributed by atoms with van der Waals surface area (Å²) in [6, 6.07) is 0. The van der Waals surface area contributed by atoms with E-state index >= 15 is 0 Å². The summed E-state index contributed by atoms with van der Waals surface area (Å²) >= 11 is 0. The molecule has 92 valence electrons. The van der Waals surface area contributed by atoms with Gasteiger partial charge in [0.25, 0.3) is 0 Å². The van der Waals surface area contributed by atoms with Crippen LogP contribution in [0.15, 0.2) is 0 Å². The predicted octanol–water partition coefficient (Wildman–Crippen LogP) is 4.82. The third kappa shape index (κ3) is 3.74. The van der Waals surface area contributed by atoms with Crippen LogP contribution in [0.4, 0.5) is 0 Å². The van der Waals surface area contributed by atoms with Gasteiger partial charge in [-0.15, -0.1) is 0 Å². The second kappa shape index (κ2) is 4.03. The summed E-state index contributed by atoms with van der Waals surface area (Å²) in [5.74, 6) is 0.965. The first-order chi connectivity index (χ1) is 6.21. The molecule has 0 aliphatic rings. The van der Waals surface area contributed by atoms with Crippen molar-refractivity contribution >= 4 is 15.2 Å². The van der Waals surface area contributed by atoms with Crippen LogP contribution >= 0.6 is 7.14 Å². The number of hydrogen-bond acceptors (Lipinski definition) is 1. The summed E-state index contributed by atoms with van der Waals surface area (Å²) in [5.41, 5.74) is 0. The fourth-order valence-electron chi connectivity index (χ4n) is 2.15. The van der Waals surface area contributed by atoms with Crippen molar-refractivity contribution in [3.8, 4) is 0 Å². The summed E-state index contributed by atoms with van der Waals surface area (Å²) in [5, 5.41) is -0.128. The average molecular weight is 248 g/mol. The maximum atomic E-state index is 13.3. The molecule has 0 aliphatic heterocycles. The van der Waals surface area contributed by atoms with Gasteiger partial charge in [0.1, 0.15) is 0 Å². The molecular formula is C12H29OPSi. The molecule has 0 spiro atoms. The highest BCUT2D eigenvalue weighted by molar-refractivity contribution is 7.69. The zero-order valence-electron chi connectivity index (χ0n) is 12.1. The lowest BCUT2D eigenvalue weighted by Gasteiger charge is -2.44. The number of hydrogen-bond donors (Lipinski definition) is 0. The van der Waals surface area contributed by atoms with Crippen LogP contribution in [0.2, 0.25) is 19.6 Å². The van der Waals surface area contributed by atoms with Gasteiger partial charge in [0.05, 0.1) is 15.2 Å². The van der Waals surface area contributed by atoms with Gasteiger partial charge in [0.2, 0.25) is 0 Å². The van der Waals surface area contributed by atoms with Crippen molar-refractivity contribution in [2.75, 3.05) is 5.79 Å². The van der Waals surface area contributed by atoms with Gasteiger partial charge in [-0.05, 0) is 5.79 Å². The molecule has 0 heterocycles. The molecule has 0 aromatic rings. The van der Waals surface area contributed by atoms with Crippen molar-refractivity contribution in [1.82, 2.24) is 0 Å². The SMILES string of the molecule is CC(C)(C)P(=O)(C[Si](C)(C)C)C(C)(C)C. The maximum Gasteiger partial charge on any atom is 0.0952 e. The monoisotopic (exact) mass is 248 g/mol. The van der Waals surface area contributed by atoms with E-state index in [0.29, 0.717) is 0 Å². The summed E-state index contributed by atoms with van der Waals surface area (Å²) < 4.78 is 13.3. The first-order valence-electron chi connectivity index (χ1n) is 5.80. The van der Waals surface area contributed by atoms with Gasteiger partial charge >= 0.3 is 0 Å². The van der Waals surface area contributed by atoms with Crippen LogP contribution in [0.1, 0.15) is 41.5 Å². The fourth-order valence-corrected chi connectivity index (χ4v) is 13.3. The molecule has 1 nitrogen and oxygen atoms in total. The molecular weight excluding hydrogens is 219 g/mol. The van der Waals surface area contributed by atoms with Crippen LogP contribution in [0.25, 0.3) is 0 Å². The molecule has 0 N–H and O–H groups in total. The van der Waals surface area contributed by atoms with Gasteiger partial charge in [-0.25, -0.2) is 0 Å². The Morgan fingerprint density at radius 2 is 1.13 bits per heavy atom. The topological polar surface area (TPSA) is 17.1 Å². The van der Waals surface area contributed by atoms with Crippen molar-refractivity contribution in [2.45, 2.75) is 71.5 Å². The molecule has 0 atom stereocenters. The molecule has 0 unspecified atom stereocenters. The van der Waals surface area contributed by atoms with Crippen molar-refractivity contribution in [1.29, 1.82) is 0 Å². The highest BCUT2D eigenvalue weighted by Gasteiger charge is 2.47. The van der Waals surface area contributed by atoms with Crippen LogP contribution in [-0.4, -0.2) is 24.2 Å². The van der Waals surface area contributed by atoms with E-state index in [1.165, 1.54) is 0 Å². The molecule has 0 rings (SSSR count). The molecule has 0 saturated carbocycles. The van der Waals surface area contributed by atoms with Crippen LogP contribution < -0.4 is 0 Å². The Kier molecular flexibility index (Phi) is 4.15. The van der Waals surface area contributed by atoms with E-state index in [2.05, 4.69) is 61.2 Å². The summed E-state index contributed by atoms with van der Waals surface area (Å²) in [7, 11) is -3.42. The molecule has 0 bridgehead atoms. The Labute approximate surface area is 97.4 Å². The van der Waals surface area contributed by atoms with Crippen molar-refractivity contribution in [3.05, 3.63) is 0 Å². The lowest BCUT2D eigenvalue weighted by atomic mass is 10.2. The van der Waals surface area contributed by atoms with Gasteiger partial charge in [-0.3, -0.25) is 0 Å². The fraction of sp³-hybridized carbons (Fsp3) is 1.00. The molecule has 0 aromatic carbocycles. The van der Waals surface area contributed by atoms with E-state index in [1.807, 2.05) is 0 Å². The lowest BCUT2D eigenvalue weighted by molar-refractivity contribution is 0.521. The molecule has 3 heteroatoms. The Morgan fingerprint density at radius 3 is 1.20 bits per heavy atom. The minimum atomic E-state index is -2.15. The van der Waals surface area contributed by atoms with Gasteiger partial charge < -0.3 is 4.57 Å². The van der Waals surface area contributed by atoms with E-state index in [-0.39, 0.29) is 10.3 Å². The van der Waals surface area contributed by atoms with E-state index < -0.39 is 15.2 Å². The Bertz CT molecular complexity index is 245. The normalized spacial score (nSPS) is 15.5. The molecule has 15 heavy (non-hydrogen) atoms. The van der Waals surface area contributed by atoms with Crippen molar-refractivity contribution in [2.24, 2.45) is 0 Å². The summed E-state index contributed by atoms with van der Waals surface area (Å²) in [6.45, 7) is 19.8. The van der Waals surface area contributed by atoms with Crippen molar-refractivity contribution < 1.29 is 4.57 Å². The van der Waals surface area contributed by atoms with E-state index in [9.17, 15) is 4.57 Å². The second-order valence-electron chi connectivity index (χ2n) is 7.80. The number of rotatable bonds is 2. The van der Waals surface area contributed by atoms with E-state index in [0.717, 1.165) is 5.79 Å². The highest BCUT2D eigenvalue weighted by atomic mass is 31.2. The molecule has 0 fully saturated rings. The molecule has 0 radical (unpaired) electrons. The average Bonchev–Trinajstić information content (AvgIpc) is 1.77. The Hall–Kier alpha value is 0.447. The zero-order valence-corrected chi connectivity index (χ0v) is 14.0. The zero-order chi connectivity index (χ0) is 12.7. The second-order valence-corrected chi connectivity index (χ2v) is 18.3. The standard InChI is InChI=1S/C12H29OPSi/c1-11(2,3)14(13,12(4,5)6)10-15(7,8)9/h10H2,1-9H3. The van der Waals surface area contributed by atoms with E-state index in [1.54, 1.807) is 0 Å². The predicted molar refractivity (Wildman–Crippen MR) is 75.3 cm³/mol.